The molecule has 0 aromatic carbocycles. The van der Waals surface area contributed by atoms with Crippen LogP contribution in [0.3, 0.4) is 0 Å². The molecular weight excluding hydrogens is 270 g/mol. The summed E-state index contributed by atoms with van der Waals surface area (Å²) < 4.78 is 5.08. The lowest BCUT2D eigenvalue weighted by molar-refractivity contribution is -0.142. The molecule has 4 N–H and O–H groups in total. The highest BCUT2D eigenvalue weighted by molar-refractivity contribution is 7.09. The molecule has 1 aromatic rings. The maximum atomic E-state index is 11.9. The molecule has 2 rings (SSSR count). The van der Waals surface area contributed by atoms with E-state index < -0.39 is 17.9 Å². The Labute approximate surface area is 113 Å². The molecule has 1 aliphatic heterocycles. The van der Waals surface area contributed by atoms with E-state index in [1.807, 2.05) is 0 Å². The van der Waals surface area contributed by atoms with Gasteiger partial charge in [0, 0.05) is 11.8 Å². The topological polar surface area (TPSA) is 115 Å². The average molecular weight is 285 g/mol. The lowest BCUT2D eigenvalue weighted by Gasteiger charge is -2.14. The third-order valence-corrected chi connectivity index (χ3v) is 3.77. The molecule has 2 unspecified atom stereocenters. The minimum absolute atomic E-state index is 0.121. The van der Waals surface area contributed by atoms with Crippen molar-refractivity contribution in [1.82, 2.24) is 10.3 Å². The summed E-state index contributed by atoms with van der Waals surface area (Å²) in [6.45, 7) is 0.810. The van der Waals surface area contributed by atoms with Crippen LogP contribution in [0.25, 0.3) is 0 Å². The smallest absolute Gasteiger partial charge is 0.311 e. The SMILES string of the molecule is NCCc1nc(C(=O)NC2COCC2C(=O)O)cs1. The van der Waals surface area contributed by atoms with Crippen molar-refractivity contribution in [3.63, 3.8) is 0 Å². The Morgan fingerprint density at radius 3 is 3.05 bits per heavy atom. The summed E-state index contributed by atoms with van der Waals surface area (Å²) in [5.74, 6) is -2.04. The highest BCUT2D eigenvalue weighted by atomic mass is 32.1. The number of nitrogens with zero attached hydrogens (tertiary/aromatic N) is 1. The normalized spacial score (nSPS) is 22.4. The molecule has 7 nitrogen and oxygen atoms in total. The molecule has 1 aliphatic rings. The van der Waals surface area contributed by atoms with Gasteiger partial charge in [0.15, 0.2) is 0 Å². The Morgan fingerprint density at radius 1 is 1.58 bits per heavy atom. The number of aromatic nitrogens is 1. The summed E-state index contributed by atoms with van der Waals surface area (Å²) in [7, 11) is 0. The van der Waals surface area contributed by atoms with Gasteiger partial charge in [-0.1, -0.05) is 0 Å². The third-order valence-electron chi connectivity index (χ3n) is 2.86. The first kappa shape index (κ1) is 13.9. The third kappa shape index (κ3) is 3.28. The Bertz CT molecular complexity index is 476. The fourth-order valence-electron chi connectivity index (χ4n) is 1.84. The number of nitrogens with two attached hydrogens (primary N) is 1. The van der Waals surface area contributed by atoms with Crippen LogP contribution >= 0.6 is 11.3 Å². The van der Waals surface area contributed by atoms with Crippen LogP contribution in [0.4, 0.5) is 0 Å². The zero-order valence-corrected chi connectivity index (χ0v) is 11.0. The molecule has 1 fully saturated rings. The van der Waals surface area contributed by atoms with Gasteiger partial charge >= 0.3 is 5.97 Å². The number of carboxylic acid groups (broad SMARTS) is 1. The standard InChI is InChI=1S/C11H15N3O4S/c12-2-1-9-13-8(5-19-9)10(15)14-7-4-18-3-6(7)11(16)17/h5-7H,1-4,12H2,(H,14,15)(H,16,17). The largest absolute Gasteiger partial charge is 0.481 e. The molecule has 0 saturated carbocycles. The summed E-state index contributed by atoms with van der Waals surface area (Å²) >= 11 is 1.37. The first-order chi connectivity index (χ1) is 9.11. The van der Waals surface area contributed by atoms with Crippen LogP contribution in [-0.2, 0) is 16.0 Å². The number of rotatable bonds is 5. The minimum Gasteiger partial charge on any atom is -0.481 e. The average Bonchev–Trinajstić information content (AvgIpc) is 2.98. The maximum absolute atomic E-state index is 11.9. The number of carboxylic acids is 1. The fraction of sp³-hybridized carbons (Fsp3) is 0.545. The minimum atomic E-state index is -0.968. The van der Waals surface area contributed by atoms with Gasteiger partial charge in [0.25, 0.3) is 5.91 Å². The predicted molar refractivity (Wildman–Crippen MR) is 68.1 cm³/mol. The lowest BCUT2D eigenvalue weighted by atomic mass is 10.0. The number of hydrogen-bond donors (Lipinski definition) is 3. The van der Waals surface area contributed by atoms with E-state index in [-0.39, 0.29) is 19.1 Å². The molecule has 0 radical (unpaired) electrons. The Morgan fingerprint density at radius 2 is 2.37 bits per heavy atom. The highest BCUT2D eigenvalue weighted by Crippen LogP contribution is 2.15. The zero-order valence-electron chi connectivity index (χ0n) is 10.2. The molecule has 19 heavy (non-hydrogen) atoms. The van der Waals surface area contributed by atoms with Crippen molar-refractivity contribution in [3.8, 4) is 0 Å². The van der Waals surface area contributed by atoms with Crippen LogP contribution in [0.5, 0.6) is 0 Å². The number of nitrogens with one attached hydrogen (secondary N) is 1. The molecule has 2 heterocycles. The van der Waals surface area contributed by atoms with Crippen LogP contribution < -0.4 is 11.1 Å². The Kier molecular flexibility index (Phi) is 4.46. The number of amides is 1. The summed E-state index contributed by atoms with van der Waals surface area (Å²) in [6.07, 6.45) is 0.627. The molecule has 1 saturated heterocycles. The van der Waals surface area contributed by atoms with Crippen molar-refractivity contribution >= 4 is 23.2 Å². The van der Waals surface area contributed by atoms with Crippen LogP contribution in [0, 0.1) is 5.92 Å². The molecule has 1 amide bonds. The molecule has 0 spiro atoms. The fourth-order valence-corrected chi connectivity index (χ4v) is 2.63. The van der Waals surface area contributed by atoms with Crippen molar-refractivity contribution < 1.29 is 19.4 Å². The summed E-state index contributed by atoms with van der Waals surface area (Å²) in [5.41, 5.74) is 5.71. The molecule has 104 valence electrons. The van der Waals surface area contributed by atoms with Crippen LogP contribution in [0.2, 0.25) is 0 Å². The maximum Gasteiger partial charge on any atom is 0.311 e. The van der Waals surface area contributed by atoms with E-state index in [1.54, 1.807) is 5.38 Å². The Balaban J connectivity index is 1.98. The van der Waals surface area contributed by atoms with Gasteiger partial charge in [0.05, 0.1) is 24.3 Å². The van der Waals surface area contributed by atoms with Gasteiger partial charge in [0.2, 0.25) is 0 Å². The number of carbonyl (C=O) groups excluding carboxylic acids is 1. The highest BCUT2D eigenvalue weighted by Gasteiger charge is 2.35. The second kappa shape index (κ2) is 6.09. The van der Waals surface area contributed by atoms with E-state index in [0.29, 0.717) is 18.7 Å². The Hall–Kier alpha value is -1.51. The van der Waals surface area contributed by atoms with Gasteiger partial charge in [-0.15, -0.1) is 11.3 Å². The second-order valence-electron chi connectivity index (χ2n) is 4.23. The molecule has 8 heteroatoms. The number of hydrogen-bond acceptors (Lipinski definition) is 6. The van der Waals surface area contributed by atoms with Gasteiger partial charge in [-0.05, 0) is 6.54 Å². The van der Waals surface area contributed by atoms with Crippen molar-refractivity contribution in [1.29, 1.82) is 0 Å². The van der Waals surface area contributed by atoms with Crippen LogP contribution in [0.15, 0.2) is 5.38 Å². The van der Waals surface area contributed by atoms with Gasteiger partial charge < -0.3 is 20.9 Å². The van der Waals surface area contributed by atoms with Gasteiger partial charge in [-0.2, -0.15) is 0 Å². The van der Waals surface area contributed by atoms with Gasteiger partial charge in [0.1, 0.15) is 11.6 Å². The van der Waals surface area contributed by atoms with E-state index in [0.717, 1.165) is 5.01 Å². The molecule has 0 bridgehead atoms. The first-order valence-corrected chi connectivity index (χ1v) is 6.75. The number of carbonyl (C=O) groups is 2. The quantitative estimate of drug-likeness (QED) is 0.670. The molecular formula is C11H15N3O4S. The summed E-state index contributed by atoms with van der Waals surface area (Å²) in [6, 6.07) is -0.510. The van der Waals surface area contributed by atoms with Crippen molar-refractivity contribution in [2.24, 2.45) is 11.7 Å². The van der Waals surface area contributed by atoms with E-state index in [2.05, 4.69) is 10.3 Å². The summed E-state index contributed by atoms with van der Waals surface area (Å²) in [5, 5.41) is 14.1. The van der Waals surface area contributed by atoms with E-state index >= 15 is 0 Å². The molecule has 1 aromatic heterocycles. The number of aliphatic carboxylic acids is 1. The monoisotopic (exact) mass is 285 g/mol. The van der Waals surface area contributed by atoms with E-state index in [9.17, 15) is 9.59 Å². The van der Waals surface area contributed by atoms with Crippen molar-refractivity contribution in [2.45, 2.75) is 12.5 Å². The van der Waals surface area contributed by atoms with E-state index in [4.69, 9.17) is 15.6 Å². The van der Waals surface area contributed by atoms with Crippen molar-refractivity contribution in [2.75, 3.05) is 19.8 Å². The first-order valence-electron chi connectivity index (χ1n) is 5.87. The predicted octanol–water partition coefficient (Wildman–Crippen LogP) is -0.526. The number of ether oxygens (including phenoxy) is 1. The van der Waals surface area contributed by atoms with Gasteiger partial charge in [-0.3, -0.25) is 9.59 Å². The zero-order chi connectivity index (χ0) is 13.8. The second-order valence-corrected chi connectivity index (χ2v) is 5.17. The van der Waals surface area contributed by atoms with Crippen molar-refractivity contribution in [3.05, 3.63) is 16.1 Å². The summed E-state index contributed by atoms with van der Waals surface area (Å²) in [4.78, 5) is 27.1. The lowest BCUT2D eigenvalue weighted by Crippen LogP contribution is -2.42. The molecule has 0 aliphatic carbocycles. The van der Waals surface area contributed by atoms with Gasteiger partial charge in [-0.25, -0.2) is 4.98 Å². The van der Waals surface area contributed by atoms with E-state index in [1.165, 1.54) is 11.3 Å². The molecule has 2 atom stereocenters. The van der Waals surface area contributed by atoms with Crippen LogP contribution in [-0.4, -0.2) is 47.8 Å². The number of thiazole rings is 1. The van der Waals surface area contributed by atoms with Crippen LogP contribution in [0.1, 0.15) is 15.5 Å².